The van der Waals surface area contributed by atoms with E-state index in [1.807, 2.05) is 18.2 Å². The zero-order chi connectivity index (χ0) is 7.23. The maximum atomic E-state index is 5.00. The highest BCUT2D eigenvalue weighted by molar-refractivity contribution is 5.94. The standard InChI is InChI=1S/C8H7N2/c1-2-6-9-8-5-3-4-7-10-8/h1,3-5,7H,6H2/b9-8+. The average Bonchev–Trinajstić information content (AvgIpc) is 2.03. The first-order valence-electron chi connectivity index (χ1n) is 2.95. The van der Waals surface area contributed by atoms with Gasteiger partial charge in [0.15, 0.2) is 0 Å². The van der Waals surface area contributed by atoms with Crippen LogP contribution in [0.15, 0.2) is 29.4 Å². The molecule has 0 atom stereocenters. The molecule has 49 valence electrons. The number of hydrogen-bond acceptors (Lipinski definition) is 1. The second-order valence-electron chi connectivity index (χ2n) is 1.71. The van der Waals surface area contributed by atoms with E-state index >= 15 is 0 Å². The van der Waals surface area contributed by atoms with E-state index in [4.69, 9.17) is 6.42 Å². The van der Waals surface area contributed by atoms with Crippen molar-refractivity contribution in [3.63, 3.8) is 0 Å². The van der Waals surface area contributed by atoms with Crippen molar-refractivity contribution in [1.29, 1.82) is 0 Å². The van der Waals surface area contributed by atoms with E-state index in [-0.39, 0.29) is 0 Å². The van der Waals surface area contributed by atoms with Crippen LogP contribution in [0.25, 0.3) is 0 Å². The average molecular weight is 131 g/mol. The van der Waals surface area contributed by atoms with Crippen molar-refractivity contribution in [2.75, 3.05) is 6.54 Å². The van der Waals surface area contributed by atoms with Crippen molar-refractivity contribution in [2.45, 2.75) is 0 Å². The predicted molar refractivity (Wildman–Crippen MR) is 41.5 cm³/mol. The highest BCUT2D eigenvalue weighted by Gasteiger charge is 1.92. The van der Waals surface area contributed by atoms with Crippen molar-refractivity contribution in [3.8, 4) is 12.3 Å². The number of terminal acetylenes is 1. The lowest BCUT2D eigenvalue weighted by Crippen LogP contribution is -2.09. The van der Waals surface area contributed by atoms with Gasteiger partial charge in [0, 0.05) is 6.20 Å². The fourth-order valence-corrected chi connectivity index (χ4v) is 0.574. The fourth-order valence-electron chi connectivity index (χ4n) is 0.574. The quantitative estimate of drug-likeness (QED) is 0.468. The summed E-state index contributed by atoms with van der Waals surface area (Å²) in [6.07, 6.45) is 12.2. The van der Waals surface area contributed by atoms with Gasteiger partial charge in [-0.3, -0.25) is 4.99 Å². The van der Waals surface area contributed by atoms with E-state index < -0.39 is 0 Å². The zero-order valence-corrected chi connectivity index (χ0v) is 5.49. The molecule has 10 heavy (non-hydrogen) atoms. The Morgan fingerprint density at radius 3 is 3.10 bits per heavy atom. The lowest BCUT2D eigenvalue weighted by Gasteiger charge is -1.98. The minimum Gasteiger partial charge on any atom is -0.254 e. The number of nitrogens with zero attached hydrogens (tertiary/aromatic N) is 2. The molecule has 1 rings (SSSR count). The Balaban J connectivity index is 2.51. The van der Waals surface area contributed by atoms with Crippen LogP contribution in [0.3, 0.4) is 0 Å². The molecule has 2 heteroatoms. The summed E-state index contributed by atoms with van der Waals surface area (Å²) in [5.41, 5.74) is 0. The Morgan fingerprint density at radius 2 is 2.50 bits per heavy atom. The summed E-state index contributed by atoms with van der Waals surface area (Å²) < 4.78 is 0. The zero-order valence-electron chi connectivity index (χ0n) is 5.49. The van der Waals surface area contributed by atoms with Gasteiger partial charge in [0.25, 0.3) is 0 Å². The lowest BCUT2D eigenvalue weighted by atomic mass is 10.4. The minimum absolute atomic E-state index is 0.400. The lowest BCUT2D eigenvalue weighted by molar-refractivity contribution is 1.17. The number of amidine groups is 1. The molecule has 1 aliphatic rings. The molecule has 1 heterocycles. The molecular formula is C8H7N2. The second-order valence-corrected chi connectivity index (χ2v) is 1.71. The first-order chi connectivity index (χ1) is 4.93. The molecule has 1 radical (unpaired) electrons. The van der Waals surface area contributed by atoms with Crippen LogP contribution in [-0.2, 0) is 0 Å². The van der Waals surface area contributed by atoms with E-state index in [9.17, 15) is 0 Å². The number of allylic oxidation sites excluding steroid dienone is 2. The molecule has 0 fully saturated rings. The molecule has 0 amide bonds. The van der Waals surface area contributed by atoms with Crippen LogP contribution in [0.2, 0.25) is 0 Å². The maximum absolute atomic E-state index is 5.00. The molecule has 0 spiro atoms. The Hall–Kier alpha value is -1.49. The molecule has 0 aliphatic carbocycles. The van der Waals surface area contributed by atoms with Gasteiger partial charge in [-0.1, -0.05) is 12.0 Å². The van der Waals surface area contributed by atoms with E-state index in [1.165, 1.54) is 0 Å². The van der Waals surface area contributed by atoms with E-state index in [1.54, 1.807) is 6.20 Å². The van der Waals surface area contributed by atoms with Gasteiger partial charge in [-0.25, -0.2) is 5.32 Å². The van der Waals surface area contributed by atoms with Crippen LogP contribution in [0.1, 0.15) is 0 Å². The van der Waals surface area contributed by atoms with Crippen molar-refractivity contribution in [1.82, 2.24) is 5.32 Å². The highest BCUT2D eigenvalue weighted by Crippen LogP contribution is 1.89. The van der Waals surface area contributed by atoms with Crippen LogP contribution < -0.4 is 5.32 Å². The molecule has 0 aromatic rings. The molecule has 0 N–H and O–H groups in total. The summed E-state index contributed by atoms with van der Waals surface area (Å²) in [4.78, 5) is 3.98. The monoisotopic (exact) mass is 131 g/mol. The van der Waals surface area contributed by atoms with E-state index in [0.717, 1.165) is 0 Å². The number of aliphatic imine (C=N–C) groups is 1. The minimum atomic E-state index is 0.400. The number of rotatable bonds is 1. The summed E-state index contributed by atoms with van der Waals surface area (Å²) in [6, 6.07) is 0. The maximum Gasteiger partial charge on any atom is 0.148 e. The number of hydrogen-bond donors (Lipinski definition) is 0. The molecule has 0 aromatic carbocycles. The SMILES string of the molecule is C#CC/N=C1\C=CC=C[N]1. The van der Waals surface area contributed by atoms with Crippen LogP contribution >= 0.6 is 0 Å². The fraction of sp³-hybridized carbons (Fsp3) is 0.125. The molecular weight excluding hydrogens is 124 g/mol. The van der Waals surface area contributed by atoms with Gasteiger partial charge in [-0.2, -0.15) is 0 Å². The predicted octanol–water partition coefficient (Wildman–Crippen LogP) is 0.706. The summed E-state index contributed by atoms with van der Waals surface area (Å²) in [5.74, 6) is 3.10. The third-order valence-corrected chi connectivity index (χ3v) is 0.982. The third-order valence-electron chi connectivity index (χ3n) is 0.982. The molecule has 1 aliphatic heterocycles. The summed E-state index contributed by atoms with van der Waals surface area (Å²) >= 11 is 0. The first-order valence-corrected chi connectivity index (χ1v) is 2.95. The first kappa shape index (κ1) is 6.63. The van der Waals surface area contributed by atoms with E-state index in [2.05, 4.69) is 16.2 Å². The molecule has 0 unspecified atom stereocenters. The van der Waals surface area contributed by atoms with Gasteiger partial charge in [-0.05, 0) is 12.2 Å². The molecule has 0 saturated carbocycles. The molecule has 0 aromatic heterocycles. The Labute approximate surface area is 60.4 Å². The Bertz CT molecular complexity index is 228. The normalized spacial score (nSPS) is 18.5. The van der Waals surface area contributed by atoms with E-state index in [0.29, 0.717) is 12.4 Å². The van der Waals surface area contributed by atoms with Crippen molar-refractivity contribution in [2.24, 2.45) is 4.99 Å². The Morgan fingerprint density at radius 1 is 1.60 bits per heavy atom. The van der Waals surface area contributed by atoms with Crippen LogP contribution in [0.4, 0.5) is 0 Å². The third kappa shape index (κ3) is 1.79. The summed E-state index contributed by atoms with van der Waals surface area (Å²) in [5, 5.41) is 3.95. The largest absolute Gasteiger partial charge is 0.254 e. The summed E-state index contributed by atoms with van der Waals surface area (Å²) in [7, 11) is 0. The smallest absolute Gasteiger partial charge is 0.148 e. The molecule has 0 saturated heterocycles. The van der Waals surface area contributed by atoms with Crippen molar-refractivity contribution >= 4 is 5.84 Å². The Kier molecular flexibility index (Phi) is 2.33. The van der Waals surface area contributed by atoms with Gasteiger partial charge < -0.3 is 0 Å². The van der Waals surface area contributed by atoms with Crippen LogP contribution in [-0.4, -0.2) is 12.4 Å². The van der Waals surface area contributed by atoms with Gasteiger partial charge in [-0.15, -0.1) is 6.42 Å². The van der Waals surface area contributed by atoms with Crippen molar-refractivity contribution in [3.05, 3.63) is 24.4 Å². The van der Waals surface area contributed by atoms with Gasteiger partial charge >= 0.3 is 0 Å². The highest BCUT2D eigenvalue weighted by atomic mass is 15.0. The van der Waals surface area contributed by atoms with Gasteiger partial charge in [0.2, 0.25) is 0 Å². The van der Waals surface area contributed by atoms with Crippen LogP contribution in [0, 0.1) is 12.3 Å². The molecule has 2 nitrogen and oxygen atoms in total. The molecule has 0 bridgehead atoms. The second kappa shape index (κ2) is 3.52. The van der Waals surface area contributed by atoms with Crippen molar-refractivity contribution < 1.29 is 0 Å². The van der Waals surface area contributed by atoms with Gasteiger partial charge in [0.1, 0.15) is 12.4 Å². The topological polar surface area (TPSA) is 26.5 Å². The van der Waals surface area contributed by atoms with Crippen LogP contribution in [0.5, 0.6) is 0 Å². The summed E-state index contributed by atoms with van der Waals surface area (Å²) in [6.45, 7) is 0.400. The van der Waals surface area contributed by atoms with Gasteiger partial charge in [0.05, 0.1) is 0 Å².